The minimum absolute atomic E-state index is 0.0864. The lowest BCUT2D eigenvalue weighted by atomic mass is 9.79. The molecule has 1 aliphatic rings. The molecule has 6 nitrogen and oxygen atoms in total. The number of sulfone groups is 1. The molecule has 2 aromatic carbocycles. The van der Waals surface area contributed by atoms with E-state index in [9.17, 15) is 13.4 Å². The van der Waals surface area contributed by atoms with Gasteiger partial charge in [0.25, 0.3) is 0 Å². The highest BCUT2D eigenvalue weighted by Gasteiger charge is 2.28. The molecule has 130 valence electrons. The minimum Gasteiger partial charge on any atom is -0.423 e. The van der Waals surface area contributed by atoms with Gasteiger partial charge in [0.2, 0.25) is 0 Å². The molecule has 0 saturated heterocycles. The molecule has 2 aromatic rings. The molecule has 0 bridgehead atoms. The molecule has 8 heteroatoms. The molecule has 0 aliphatic carbocycles. The Balaban J connectivity index is 0.000000701. The van der Waals surface area contributed by atoms with E-state index >= 15 is 0 Å². The summed E-state index contributed by atoms with van der Waals surface area (Å²) in [6.07, 6.45) is 0.250. The third-order valence-corrected chi connectivity index (χ3v) is 5.74. The van der Waals surface area contributed by atoms with Gasteiger partial charge in [-0.15, -0.1) is 0 Å². The van der Waals surface area contributed by atoms with Crippen LogP contribution in [0.1, 0.15) is 22.3 Å². The Kier molecular flexibility index (Phi) is 5.92. The van der Waals surface area contributed by atoms with Crippen molar-refractivity contribution in [3.63, 3.8) is 0 Å². The minimum atomic E-state index is -3.42. The van der Waals surface area contributed by atoms with Crippen LogP contribution >= 0.6 is 0 Å². The number of fused-ring (bicyclic) bond motifs is 1. The average molecular weight is 360 g/mol. The molecule has 1 heterocycles. The van der Waals surface area contributed by atoms with Gasteiger partial charge in [-0.1, -0.05) is 35.9 Å². The van der Waals surface area contributed by atoms with Gasteiger partial charge < -0.3 is 9.68 Å². The molecule has 3 rings (SSSR count). The Morgan fingerprint density at radius 1 is 1.16 bits per heavy atom. The summed E-state index contributed by atoms with van der Waals surface area (Å²) in [4.78, 5) is 16.6. The first-order valence-electron chi connectivity index (χ1n) is 7.49. The number of hydrogen-bond donors (Lipinski definition) is 1. The van der Waals surface area contributed by atoms with Crippen LogP contribution in [0.4, 0.5) is 0 Å². The van der Waals surface area contributed by atoms with Crippen LogP contribution in [0.25, 0.3) is 0 Å². The van der Waals surface area contributed by atoms with Gasteiger partial charge in [0, 0.05) is 0 Å². The van der Waals surface area contributed by atoms with Crippen LogP contribution in [0.15, 0.2) is 41.3 Å². The van der Waals surface area contributed by atoms with Crippen LogP contribution in [-0.2, 0) is 36.4 Å². The summed E-state index contributed by atoms with van der Waals surface area (Å²) in [6, 6.07) is 10.6. The molecule has 0 unspecified atom stereocenters. The van der Waals surface area contributed by atoms with Crippen molar-refractivity contribution in [2.45, 2.75) is 31.1 Å². The van der Waals surface area contributed by atoms with Crippen LogP contribution in [-0.4, -0.2) is 26.7 Å². The molecule has 0 spiro atoms. The van der Waals surface area contributed by atoms with Crippen molar-refractivity contribution >= 4 is 28.6 Å². The van der Waals surface area contributed by atoms with E-state index in [1.165, 1.54) is 0 Å². The first kappa shape index (κ1) is 19.1. The zero-order chi connectivity index (χ0) is 18.6. The number of aryl methyl sites for hydroxylation is 2. The molecule has 0 atom stereocenters. The van der Waals surface area contributed by atoms with Crippen molar-refractivity contribution in [1.82, 2.24) is 0 Å². The number of benzene rings is 2. The van der Waals surface area contributed by atoms with Gasteiger partial charge in [0.1, 0.15) is 0 Å². The number of hydrogen-bond acceptors (Lipinski definition) is 6. The highest BCUT2D eigenvalue weighted by Crippen LogP contribution is 2.22. The molecule has 0 saturated carbocycles. The van der Waals surface area contributed by atoms with Crippen molar-refractivity contribution in [3.8, 4) is 0 Å². The lowest BCUT2D eigenvalue weighted by Gasteiger charge is -2.10. The summed E-state index contributed by atoms with van der Waals surface area (Å²) in [5, 5.41) is 9.72. The normalized spacial score (nSPS) is 12.8. The second-order valence-electron chi connectivity index (χ2n) is 5.81. The molecule has 0 amide bonds. The SMILES string of the molecule is Cc1ccc(S(=O)(=O)Cc2ccc3c(c2)B(O)OC3)c(C)c1.O=C=O. The quantitative estimate of drug-likeness (QED) is 0.818. The summed E-state index contributed by atoms with van der Waals surface area (Å²) in [7, 11) is -4.38. The number of carbonyl (C=O) groups excluding carboxylic acids is 2. The topological polar surface area (TPSA) is 97.7 Å². The van der Waals surface area contributed by atoms with Crippen molar-refractivity contribution < 1.29 is 27.7 Å². The van der Waals surface area contributed by atoms with Gasteiger partial charge in [0.05, 0.1) is 17.3 Å². The smallest absolute Gasteiger partial charge is 0.423 e. The predicted molar refractivity (Wildman–Crippen MR) is 90.7 cm³/mol. The molecular formula is C17H17BO6S. The van der Waals surface area contributed by atoms with E-state index in [1.807, 2.05) is 19.1 Å². The highest BCUT2D eigenvalue weighted by molar-refractivity contribution is 7.90. The highest BCUT2D eigenvalue weighted by atomic mass is 32.2. The second-order valence-corrected chi connectivity index (χ2v) is 7.77. The van der Waals surface area contributed by atoms with E-state index in [0.29, 0.717) is 22.5 Å². The van der Waals surface area contributed by atoms with Crippen LogP contribution < -0.4 is 5.46 Å². The lowest BCUT2D eigenvalue weighted by molar-refractivity contribution is -0.191. The average Bonchev–Trinajstić information content (AvgIpc) is 2.88. The maximum atomic E-state index is 12.6. The molecule has 1 N–H and O–H groups in total. The molecule has 0 radical (unpaired) electrons. The maximum Gasteiger partial charge on any atom is 0.491 e. The van der Waals surface area contributed by atoms with Gasteiger partial charge in [-0.3, -0.25) is 0 Å². The molecule has 0 aromatic heterocycles. The summed E-state index contributed by atoms with van der Waals surface area (Å²) in [5.74, 6) is -0.0864. The van der Waals surface area contributed by atoms with E-state index in [1.54, 1.807) is 31.2 Å². The Morgan fingerprint density at radius 3 is 2.48 bits per heavy atom. The zero-order valence-corrected chi connectivity index (χ0v) is 14.7. The fraction of sp³-hybridized carbons (Fsp3) is 0.235. The number of rotatable bonds is 3. The van der Waals surface area contributed by atoms with Gasteiger partial charge in [-0.25, -0.2) is 8.42 Å². The maximum absolute atomic E-state index is 12.6. The van der Waals surface area contributed by atoms with E-state index in [-0.39, 0.29) is 11.9 Å². The van der Waals surface area contributed by atoms with Crippen molar-refractivity contribution in [2.75, 3.05) is 0 Å². The van der Waals surface area contributed by atoms with Crippen LogP contribution in [0.3, 0.4) is 0 Å². The van der Waals surface area contributed by atoms with E-state index in [0.717, 1.165) is 16.7 Å². The summed E-state index contributed by atoms with van der Waals surface area (Å²) < 4.78 is 30.4. The monoisotopic (exact) mass is 360 g/mol. The lowest BCUT2D eigenvalue weighted by Crippen LogP contribution is -2.28. The third-order valence-electron chi connectivity index (χ3n) is 3.90. The van der Waals surface area contributed by atoms with Gasteiger partial charge in [-0.05, 0) is 42.1 Å². The summed E-state index contributed by atoms with van der Waals surface area (Å²) in [5.41, 5.74) is 4.01. The first-order valence-corrected chi connectivity index (χ1v) is 9.14. The van der Waals surface area contributed by atoms with Crippen LogP contribution in [0.5, 0.6) is 0 Å². The van der Waals surface area contributed by atoms with E-state index in [2.05, 4.69) is 0 Å². The fourth-order valence-electron chi connectivity index (χ4n) is 2.80. The summed E-state index contributed by atoms with van der Waals surface area (Å²) >= 11 is 0. The zero-order valence-electron chi connectivity index (χ0n) is 13.9. The fourth-order valence-corrected chi connectivity index (χ4v) is 4.40. The Labute approximate surface area is 146 Å². The standard InChI is InChI=1S/C16H17BO4S.CO2/c1-11-3-6-16(12(2)7-11)22(19,20)10-13-4-5-14-9-21-17(18)15(14)8-13;2-1-3/h3-8,18H,9-10H2,1-2H3;. The van der Waals surface area contributed by atoms with Crippen molar-refractivity contribution in [2.24, 2.45) is 0 Å². The first-order chi connectivity index (χ1) is 11.8. The second kappa shape index (κ2) is 7.76. The molecule has 1 aliphatic heterocycles. The van der Waals surface area contributed by atoms with Gasteiger partial charge in [-0.2, -0.15) is 9.59 Å². The molecule has 0 fully saturated rings. The van der Waals surface area contributed by atoms with Crippen LogP contribution in [0.2, 0.25) is 0 Å². The third kappa shape index (κ3) is 4.43. The van der Waals surface area contributed by atoms with Gasteiger partial charge in [0.15, 0.2) is 9.84 Å². The Bertz CT molecular complexity index is 917. The van der Waals surface area contributed by atoms with Crippen molar-refractivity contribution in [1.29, 1.82) is 0 Å². The summed E-state index contributed by atoms with van der Waals surface area (Å²) in [6.45, 7) is 4.10. The Morgan fingerprint density at radius 2 is 1.84 bits per heavy atom. The van der Waals surface area contributed by atoms with E-state index < -0.39 is 17.0 Å². The van der Waals surface area contributed by atoms with Crippen molar-refractivity contribution in [3.05, 3.63) is 58.7 Å². The predicted octanol–water partition coefficient (Wildman–Crippen LogP) is 0.912. The van der Waals surface area contributed by atoms with E-state index in [4.69, 9.17) is 14.2 Å². The molecule has 25 heavy (non-hydrogen) atoms. The van der Waals surface area contributed by atoms with Crippen LogP contribution in [0, 0.1) is 13.8 Å². The Hall–Kier alpha value is -2.25. The molecular weight excluding hydrogens is 343 g/mol. The van der Waals surface area contributed by atoms with Gasteiger partial charge >= 0.3 is 13.3 Å². The largest absolute Gasteiger partial charge is 0.491 e.